The van der Waals surface area contributed by atoms with E-state index in [2.05, 4.69) is 25.5 Å². The number of aromatic nitrogens is 2. The zero-order valence-electron chi connectivity index (χ0n) is 20.2. The number of urea groups is 1. The van der Waals surface area contributed by atoms with E-state index in [0.717, 1.165) is 17.4 Å². The lowest BCUT2D eigenvalue weighted by Crippen LogP contribution is -2.36. The second-order valence-corrected chi connectivity index (χ2v) is 10.3. The molecule has 0 saturated carbocycles. The van der Waals surface area contributed by atoms with Crippen LogP contribution in [0.25, 0.3) is 6.08 Å². The summed E-state index contributed by atoms with van der Waals surface area (Å²) in [6.45, 7) is 2.68. The van der Waals surface area contributed by atoms with Gasteiger partial charge in [-0.1, -0.05) is 36.4 Å². The highest BCUT2D eigenvalue weighted by Gasteiger charge is 2.42. The lowest BCUT2D eigenvalue weighted by atomic mass is 10.0. The summed E-state index contributed by atoms with van der Waals surface area (Å²) in [5.74, 6) is 1.56. The van der Waals surface area contributed by atoms with Crippen LogP contribution in [0, 0.1) is 11.8 Å². The van der Waals surface area contributed by atoms with Crippen molar-refractivity contribution >= 4 is 46.7 Å². The first-order valence-electron chi connectivity index (χ1n) is 12.2. The van der Waals surface area contributed by atoms with Gasteiger partial charge in [0.25, 0.3) is 11.1 Å². The van der Waals surface area contributed by atoms with E-state index in [1.54, 1.807) is 12.1 Å². The molecule has 0 radical (unpaired) electrons. The second kappa shape index (κ2) is 10.2. The molecule has 1 aromatic heterocycles. The van der Waals surface area contributed by atoms with Gasteiger partial charge in [-0.2, -0.15) is 4.98 Å². The highest BCUT2D eigenvalue weighted by molar-refractivity contribution is 8.18. The van der Waals surface area contributed by atoms with Crippen molar-refractivity contribution < 1.29 is 19.1 Å². The molecule has 0 spiro atoms. The first-order chi connectivity index (χ1) is 18.5. The number of hydrogen-bond acceptors (Lipinski definition) is 8. The molecule has 6 rings (SSSR count). The molecule has 2 atom stereocenters. The van der Waals surface area contributed by atoms with Crippen LogP contribution in [0.2, 0.25) is 0 Å². The molecular formula is C27H24N6O4S. The minimum absolute atomic E-state index is 0.0949. The zero-order chi connectivity index (χ0) is 26.1. The molecule has 0 aliphatic carbocycles. The summed E-state index contributed by atoms with van der Waals surface area (Å²) in [6.07, 6.45) is 1.57. The van der Waals surface area contributed by atoms with E-state index in [1.165, 1.54) is 0 Å². The maximum absolute atomic E-state index is 12.8. The van der Waals surface area contributed by atoms with Gasteiger partial charge in [0.2, 0.25) is 11.8 Å². The SMILES string of the molecule is O=C1NC(=O)/C(=C\c2cc(Oc3ccccc3)nc(N3CC4CN(C(=O)Nc5ccccc5)CC4C3)n2)S1. The Morgan fingerprint density at radius 3 is 2.32 bits per heavy atom. The number of nitrogens with zero attached hydrogens (tertiary/aromatic N) is 4. The lowest BCUT2D eigenvalue weighted by molar-refractivity contribution is -0.115. The first kappa shape index (κ1) is 24.0. The quantitative estimate of drug-likeness (QED) is 0.474. The molecule has 3 aliphatic heterocycles. The van der Waals surface area contributed by atoms with Crippen molar-refractivity contribution in [2.45, 2.75) is 0 Å². The molecule has 3 fully saturated rings. The molecule has 11 heteroatoms. The predicted molar refractivity (Wildman–Crippen MR) is 144 cm³/mol. The Labute approximate surface area is 223 Å². The molecule has 3 aliphatic rings. The maximum Gasteiger partial charge on any atom is 0.321 e. The smallest absolute Gasteiger partial charge is 0.321 e. The molecule has 2 unspecified atom stereocenters. The molecule has 192 valence electrons. The van der Waals surface area contributed by atoms with Crippen LogP contribution in [0.3, 0.4) is 0 Å². The molecule has 0 bridgehead atoms. The fraction of sp³-hybridized carbons (Fsp3) is 0.222. The van der Waals surface area contributed by atoms with Crippen molar-refractivity contribution in [1.82, 2.24) is 20.2 Å². The summed E-state index contributed by atoms with van der Waals surface area (Å²) in [6, 6.07) is 20.3. The summed E-state index contributed by atoms with van der Waals surface area (Å²) in [7, 11) is 0. The number of hydrogen-bond donors (Lipinski definition) is 2. The standard InChI is InChI=1S/C27H24N6O4S/c34-24-22(38-27(36)31-24)11-20-12-23(37-21-9-5-2-6-10-21)30-25(28-20)32-13-17-15-33(16-18(17)14-32)26(35)29-19-7-3-1-4-8-19/h1-12,17-18H,13-16H2,(H,29,35)(H,31,34,36)/b22-11+. The zero-order valence-corrected chi connectivity index (χ0v) is 21.1. The normalized spacial score (nSPS) is 21.5. The minimum atomic E-state index is -0.449. The van der Waals surface area contributed by atoms with Crippen molar-refractivity contribution in [2.24, 2.45) is 11.8 Å². The summed E-state index contributed by atoms with van der Waals surface area (Å²) in [5, 5.41) is 4.81. The Kier molecular flexibility index (Phi) is 6.42. The fourth-order valence-electron chi connectivity index (χ4n) is 4.91. The van der Waals surface area contributed by atoms with Crippen LogP contribution in [0.15, 0.2) is 71.6 Å². The van der Waals surface area contributed by atoms with E-state index >= 15 is 0 Å². The number of benzene rings is 2. The Morgan fingerprint density at radius 2 is 1.66 bits per heavy atom. The number of imide groups is 1. The highest BCUT2D eigenvalue weighted by Crippen LogP contribution is 2.35. The van der Waals surface area contributed by atoms with Gasteiger partial charge in [0.1, 0.15) is 5.75 Å². The minimum Gasteiger partial charge on any atom is -0.439 e. The molecule has 4 heterocycles. The number of carbonyl (C=O) groups excluding carboxylic acids is 3. The fourth-order valence-corrected chi connectivity index (χ4v) is 5.58. The van der Waals surface area contributed by atoms with Gasteiger partial charge in [-0.3, -0.25) is 14.9 Å². The van der Waals surface area contributed by atoms with Crippen LogP contribution < -0.4 is 20.3 Å². The largest absolute Gasteiger partial charge is 0.439 e. The van der Waals surface area contributed by atoms with Gasteiger partial charge in [0, 0.05) is 49.8 Å². The maximum atomic E-state index is 12.8. The van der Waals surface area contributed by atoms with Gasteiger partial charge in [-0.05, 0) is 42.1 Å². The van der Waals surface area contributed by atoms with Gasteiger partial charge < -0.3 is 19.9 Å². The monoisotopic (exact) mass is 528 g/mol. The third kappa shape index (κ3) is 5.18. The Hall–Kier alpha value is -4.38. The van der Waals surface area contributed by atoms with Crippen molar-refractivity contribution in [1.29, 1.82) is 0 Å². The van der Waals surface area contributed by atoms with Gasteiger partial charge in [0.05, 0.1) is 10.6 Å². The van der Waals surface area contributed by atoms with E-state index in [0.29, 0.717) is 49.5 Å². The van der Waals surface area contributed by atoms with Gasteiger partial charge in [0.15, 0.2) is 0 Å². The number of amides is 4. The summed E-state index contributed by atoms with van der Waals surface area (Å²) in [4.78, 5) is 50.0. The van der Waals surface area contributed by atoms with Crippen molar-refractivity contribution in [3.8, 4) is 11.6 Å². The number of para-hydroxylation sites is 2. The molecule has 10 nitrogen and oxygen atoms in total. The number of anilines is 2. The van der Waals surface area contributed by atoms with Crippen LogP contribution >= 0.6 is 11.8 Å². The number of rotatable bonds is 5. The van der Waals surface area contributed by atoms with E-state index in [4.69, 9.17) is 4.74 Å². The van der Waals surface area contributed by atoms with Gasteiger partial charge in [-0.25, -0.2) is 9.78 Å². The van der Waals surface area contributed by atoms with Crippen molar-refractivity contribution in [3.05, 3.63) is 77.3 Å². The molecule has 3 aromatic rings. The Morgan fingerprint density at radius 1 is 0.974 bits per heavy atom. The molecule has 38 heavy (non-hydrogen) atoms. The van der Waals surface area contributed by atoms with Gasteiger partial charge in [-0.15, -0.1) is 0 Å². The number of thioether (sulfide) groups is 1. The van der Waals surface area contributed by atoms with Crippen LogP contribution in [-0.4, -0.2) is 58.2 Å². The lowest BCUT2D eigenvalue weighted by Gasteiger charge is -2.22. The Bertz CT molecular complexity index is 1400. The number of fused-ring (bicyclic) bond motifs is 1. The van der Waals surface area contributed by atoms with Crippen LogP contribution in [0.4, 0.5) is 21.2 Å². The average molecular weight is 529 g/mol. The highest BCUT2D eigenvalue weighted by atomic mass is 32.2. The number of ether oxygens (including phenoxy) is 1. The molecule has 2 N–H and O–H groups in total. The van der Waals surface area contributed by atoms with E-state index < -0.39 is 11.1 Å². The van der Waals surface area contributed by atoms with Crippen LogP contribution in [0.5, 0.6) is 11.6 Å². The third-order valence-electron chi connectivity index (χ3n) is 6.68. The van der Waals surface area contributed by atoms with E-state index in [9.17, 15) is 14.4 Å². The average Bonchev–Trinajstić information content (AvgIpc) is 3.58. The number of likely N-dealkylation sites (tertiary alicyclic amines) is 1. The predicted octanol–water partition coefficient (Wildman–Crippen LogP) is 4.19. The summed E-state index contributed by atoms with van der Waals surface area (Å²) in [5.41, 5.74) is 1.24. The molecule has 4 amide bonds. The molecule has 2 aromatic carbocycles. The first-order valence-corrected chi connectivity index (χ1v) is 13.0. The Balaban J connectivity index is 1.20. The van der Waals surface area contributed by atoms with Gasteiger partial charge >= 0.3 is 6.03 Å². The molecule has 3 saturated heterocycles. The number of carbonyl (C=O) groups is 3. The van der Waals surface area contributed by atoms with Crippen molar-refractivity contribution in [2.75, 3.05) is 36.4 Å². The van der Waals surface area contributed by atoms with Crippen LogP contribution in [0.1, 0.15) is 5.69 Å². The van der Waals surface area contributed by atoms with Crippen molar-refractivity contribution in [3.63, 3.8) is 0 Å². The second-order valence-electron chi connectivity index (χ2n) is 9.32. The van der Waals surface area contributed by atoms with E-state index in [1.807, 2.05) is 65.6 Å². The topological polar surface area (TPSA) is 117 Å². The van der Waals surface area contributed by atoms with Crippen LogP contribution in [-0.2, 0) is 4.79 Å². The summed E-state index contributed by atoms with van der Waals surface area (Å²) >= 11 is 0.837. The third-order valence-corrected chi connectivity index (χ3v) is 7.49. The number of nitrogens with one attached hydrogen (secondary N) is 2. The summed E-state index contributed by atoms with van der Waals surface area (Å²) < 4.78 is 5.99. The van der Waals surface area contributed by atoms with E-state index in [-0.39, 0.29) is 22.8 Å². The molecular weight excluding hydrogens is 504 g/mol.